The summed E-state index contributed by atoms with van der Waals surface area (Å²) < 4.78 is 2.15. The number of pyridine rings is 1. The molecule has 0 bridgehead atoms. The number of aromatic nitrogens is 1. The van der Waals surface area contributed by atoms with Crippen molar-refractivity contribution in [3.63, 3.8) is 0 Å². The first-order valence-corrected chi connectivity index (χ1v) is 5.21. The highest BCUT2D eigenvalue weighted by molar-refractivity contribution is 9.10. The average molecular weight is 270 g/mol. The van der Waals surface area contributed by atoms with E-state index in [4.69, 9.17) is 11.0 Å². The highest BCUT2D eigenvalue weighted by Gasteiger charge is 2.17. The minimum Gasteiger partial charge on any atom is -0.394 e. The molecule has 0 spiro atoms. The van der Waals surface area contributed by atoms with E-state index in [1.54, 1.807) is 17.0 Å². The van der Waals surface area contributed by atoms with Crippen LogP contribution < -0.4 is 11.2 Å². The highest BCUT2D eigenvalue weighted by Crippen LogP contribution is 2.17. The van der Waals surface area contributed by atoms with E-state index in [0.29, 0.717) is 11.0 Å². The lowest BCUT2D eigenvalue weighted by atomic mass is 9.96. The third-order valence-electron chi connectivity index (χ3n) is 1.94. The Labute approximate surface area is 96.4 Å². The van der Waals surface area contributed by atoms with E-state index in [0.717, 1.165) is 0 Å². The summed E-state index contributed by atoms with van der Waals surface area (Å²) in [6.07, 6.45) is 3.18. The number of nitrogen functional groups attached to an aromatic ring is 1. The molecule has 0 atom stereocenters. The Morgan fingerprint density at radius 1 is 1.60 bits per heavy atom. The summed E-state index contributed by atoms with van der Waals surface area (Å²) in [6, 6.07) is 2.19. The van der Waals surface area contributed by atoms with E-state index in [2.05, 4.69) is 22.0 Å². The monoisotopic (exact) mass is 269 g/mol. The van der Waals surface area contributed by atoms with Gasteiger partial charge in [-0.05, 0) is 29.8 Å². The number of nitrogens with zero attached hydrogens (tertiary/aromatic N) is 2. The zero-order valence-electron chi connectivity index (χ0n) is 8.62. The normalized spacial score (nSPS) is 11.1. The molecular weight excluding hydrogens is 258 g/mol. The van der Waals surface area contributed by atoms with Crippen molar-refractivity contribution in [3.8, 4) is 6.07 Å². The van der Waals surface area contributed by atoms with Crippen LogP contribution in [0.4, 0.5) is 5.69 Å². The van der Waals surface area contributed by atoms with Crippen LogP contribution in [-0.2, 0) is 6.54 Å². The fourth-order valence-electron chi connectivity index (χ4n) is 1.20. The molecule has 0 aliphatic heterocycles. The Morgan fingerprint density at radius 2 is 2.20 bits per heavy atom. The maximum Gasteiger partial charge on any atom is 0.218 e. The first-order valence-electron chi connectivity index (χ1n) is 4.42. The standard InChI is InChI=1S/C10H12BrN3O/c1-10(2,5-12)6-14-3-7(11)9(15)8(13)4-14/h3-4H,6,13H2,1-2H3. The Hall–Kier alpha value is -1.28. The molecule has 0 aliphatic rings. The average Bonchev–Trinajstić information content (AvgIpc) is 2.13. The Balaban J connectivity index is 3.10. The smallest absolute Gasteiger partial charge is 0.218 e. The third-order valence-corrected chi connectivity index (χ3v) is 2.51. The molecule has 0 saturated carbocycles. The van der Waals surface area contributed by atoms with Crippen LogP contribution >= 0.6 is 15.9 Å². The molecule has 1 rings (SSSR count). The maximum atomic E-state index is 11.3. The van der Waals surface area contributed by atoms with Crippen LogP contribution in [0.25, 0.3) is 0 Å². The number of hydrogen-bond donors (Lipinski definition) is 1. The van der Waals surface area contributed by atoms with E-state index >= 15 is 0 Å². The lowest BCUT2D eigenvalue weighted by Crippen LogP contribution is -2.20. The molecule has 0 aliphatic carbocycles. The quantitative estimate of drug-likeness (QED) is 0.889. The number of nitriles is 1. The van der Waals surface area contributed by atoms with Gasteiger partial charge in [-0.25, -0.2) is 0 Å². The van der Waals surface area contributed by atoms with Crippen LogP contribution in [0.15, 0.2) is 21.7 Å². The molecule has 15 heavy (non-hydrogen) atoms. The van der Waals surface area contributed by atoms with Crippen LogP contribution in [-0.4, -0.2) is 4.57 Å². The summed E-state index contributed by atoms with van der Waals surface area (Å²) in [5.41, 5.74) is 5.01. The third kappa shape index (κ3) is 2.83. The maximum absolute atomic E-state index is 11.3. The van der Waals surface area contributed by atoms with Gasteiger partial charge in [-0.15, -0.1) is 0 Å². The molecule has 0 amide bonds. The van der Waals surface area contributed by atoms with Gasteiger partial charge in [-0.1, -0.05) is 0 Å². The van der Waals surface area contributed by atoms with Gasteiger partial charge in [0.25, 0.3) is 0 Å². The predicted molar refractivity (Wildman–Crippen MR) is 62.2 cm³/mol. The van der Waals surface area contributed by atoms with Crippen LogP contribution in [0.2, 0.25) is 0 Å². The molecule has 1 aromatic heterocycles. The van der Waals surface area contributed by atoms with Crippen molar-refractivity contribution < 1.29 is 0 Å². The van der Waals surface area contributed by atoms with E-state index in [1.807, 2.05) is 13.8 Å². The van der Waals surface area contributed by atoms with Crippen LogP contribution in [0.1, 0.15) is 13.8 Å². The van der Waals surface area contributed by atoms with Crippen LogP contribution in [0.3, 0.4) is 0 Å². The van der Waals surface area contributed by atoms with Crippen molar-refractivity contribution in [2.45, 2.75) is 20.4 Å². The molecule has 0 aromatic carbocycles. The van der Waals surface area contributed by atoms with Gasteiger partial charge in [-0.2, -0.15) is 5.26 Å². The van der Waals surface area contributed by atoms with Crippen molar-refractivity contribution in [1.29, 1.82) is 5.26 Å². The van der Waals surface area contributed by atoms with Gasteiger partial charge in [0.2, 0.25) is 5.43 Å². The Kier molecular flexibility index (Phi) is 3.20. The molecule has 5 heteroatoms. The summed E-state index contributed by atoms with van der Waals surface area (Å²) in [5, 5.41) is 8.88. The molecule has 4 nitrogen and oxygen atoms in total. The van der Waals surface area contributed by atoms with Gasteiger partial charge in [0.05, 0.1) is 21.6 Å². The van der Waals surface area contributed by atoms with Gasteiger partial charge < -0.3 is 10.3 Å². The van der Waals surface area contributed by atoms with E-state index in [1.165, 1.54) is 0 Å². The van der Waals surface area contributed by atoms with Crippen LogP contribution in [0, 0.1) is 16.7 Å². The predicted octanol–water partition coefficient (Wildman–Crippen LogP) is 1.74. The van der Waals surface area contributed by atoms with Gasteiger partial charge in [0.15, 0.2) is 0 Å². The zero-order chi connectivity index (χ0) is 11.6. The molecule has 0 saturated heterocycles. The second kappa shape index (κ2) is 4.07. The topological polar surface area (TPSA) is 71.8 Å². The molecule has 80 valence electrons. The highest BCUT2D eigenvalue weighted by atomic mass is 79.9. The van der Waals surface area contributed by atoms with E-state index in [-0.39, 0.29) is 11.1 Å². The summed E-state index contributed by atoms with van der Waals surface area (Å²) in [5.74, 6) is 0. The minimum atomic E-state index is -0.485. The zero-order valence-corrected chi connectivity index (χ0v) is 10.2. The number of halogens is 1. The Bertz CT molecular complexity index is 444. The molecule has 2 N–H and O–H groups in total. The van der Waals surface area contributed by atoms with Crippen molar-refractivity contribution in [2.24, 2.45) is 5.41 Å². The van der Waals surface area contributed by atoms with Crippen molar-refractivity contribution in [3.05, 3.63) is 27.1 Å². The number of hydrogen-bond acceptors (Lipinski definition) is 3. The number of nitrogens with two attached hydrogens (primary N) is 1. The van der Waals surface area contributed by atoms with Crippen LogP contribution in [0.5, 0.6) is 0 Å². The fraction of sp³-hybridized carbons (Fsp3) is 0.400. The molecule has 0 unspecified atom stereocenters. The van der Waals surface area contributed by atoms with Crippen molar-refractivity contribution >= 4 is 21.6 Å². The summed E-state index contributed by atoms with van der Waals surface area (Å²) in [6.45, 7) is 4.15. The first kappa shape index (κ1) is 11.8. The van der Waals surface area contributed by atoms with Gasteiger partial charge in [-0.3, -0.25) is 4.79 Å². The molecule has 1 heterocycles. The summed E-state index contributed by atoms with van der Waals surface area (Å²) in [7, 11) is 0. The summed E-state index contributed by atoms with van der Waals surface area (Å²) in [4.78, 5) is 11.3. The first-order chi connectivity index (χ1) is 6.85. The van der Waals surface area contributed by atoms with Crippen molar-refractivity contribution in [2.75, 3.05) is 5.73 Å². The van der Waals surface area contributed by atoms with E-state index in [9.17, 15) is 4.79 Å². The number of rotatable bonds is 2. The van der Waals surface area contributed by atoms with Gasteiger partial charge >= 0.3 is 0 Å². The lowest BCUT2D eigenvalue weighted by molar-refractivity contribution is 0.407. The largest absolute Gasteiger partial charge is 0.394 e. The van der Waals surface area contributed by atoms with Gasteiger partial charge in [0.1, 0.15) is 0 Å². The lowest BCUT2D eigenvalue weighted by Gasteiger charge is -2.17. The minimum absolute atomic E-state index is 0.179. The molecular formula is C10H12BrN3O. The fourth-order valence-corrected chi connectivity index (χ4v) is 1.69. The second-order valence-electron chi connectivity index (χ2n) is 4.06. The SMILES string of the molecule is CC(C)(C#N)Cn1cc(N)c(=O)c(Br)c1. The van der Waals surface area contributed by atoms with Crippen molar-refractivity contribution in [1.82, 2.24) is 4.57 Å². The molecule has 0 fully saturated rings. The molecule has 0 radical (unpaired) electrons. The van der Waals surface area contributed by atoms with E-state index < -0.39 is 5.41 Å². The number of anilines is 1. The Morgan fingerprint density at radius 3 is 2.67 bits per heavy atom. The van der Waals surface area contributed by atoms with Gasteiger partial charge in [0, 0.05) is 18.9 Å². The summed E-state index contributed by atoms with van der Waals surface area (Å²) >= 11 is 3.13. The molecule has 1 aromatic rings. The second-order valence-corrected chi connectivity index (χ2v) is 4.91.